The smallest absolute Gasteiger partial charge is 0.0614 e. The maximum Gasteiger partial charge on any atom is 0.0614 e. The van der Waals surface area contributed by atoms with Crippen molar-refractivity contribution in [1.82, 2.24) is 5.32 Å². The molecule has 1 saturated heterocycles. The van der Waals surface area contributed by atoms with Crippen molar-refractivity contribution in [2.75, 3.05) is 31.1 Å². The highest BCUT2D eigenvalue weighted by Gasteiger charge is 2.33. The number of nitrogens with one attached hydrogen (secondary N) is 1. The normalized spacial score (nSPS) is 18.9. The number of hydrogen-bond acceptors (Lipinski definition) is 3. The Morgan fingerprint density at radius 2 is 1.89 bits per heavy atom. The van der Waals surface area contributed by atoms with E-state index in [4.69, 9.17) is 0 Å². The van der Waals surface area contributed by atoms with Gasteiger partial charge in [-0.05, 0) is 37.9 Å². The van der Waals surface area contributed by atoms with Crippen LogP contribution in [0.4, 0.5) is 5.69 Å². The molecule has 100 valence electrons. The molecule has 3 heteroatoms. The first-order valence-corrected chi connectivity index (χ1v) is 6.95. The number of aliphatic hydroxyl groups excluding tert-OH is 1. The predicted octanol–water partition coefficient (Wildman–Crippen LogP) is 2.02. The summed E-state index contributed by atoms with van der Waals surface area (Å²) in [6, 6.07) is 10.5. The molecule has 1 heterocycles. The Labute approximate surface area is 110 Å². The molecule has 2 rings (SSSR count). The summed E-state index contributed by atoms with van der Waals surface area (Å²) in [6.07, 6.45) is 3.14. The summed E-state index contributed by atoms with van der Waals surface area (Å²) in [5, 5.41) is 13.2. The first-order chi connectivity index (χ1) is 8.79. The van der Waals surface area contributed by atoms with E-state index >= 15 is 0 Å². The molecule has 0 amide bonds. The third-order valence-electron chi connectivity index (χ3n) is 3.89. The van der Waals surface area contributed by atoms with Crippen LogP contribution in [0.25, 0.3) is 0 Å². The predicted molar refractivity (Wildman–Crippen MR) is 76.0 cm³/mol. The van der Waals surface area contributed by atoms with E-state index in [0.29, 0.717) is 0 Å². The van der Waals surface area contributed by atoms with E-state index in [1.807, 2.05) is 6.07 Å². The summed E-state index contributed by atoms with van der Waals surface area (Å²) in [5.74, 6) is 0. The summed E-state index contributed by atoms with van der Waals surface area (Å²) in [7, 11) is 0. The fourth-order valence-corrected chi connectivity index (χ4v) is 2.61. The number of anilines is 1. The lowest BCUT2D eigenvalue weighted by atomic mass is 9.88. The van der Waals surface area contributed by atoms with Crippen molar-refractivity contribution < 1.29 is 5.11 Å². The number of benzene rings is 1. The van der Waals surface area contributed by atoms with E-state index in [9.17, 15) is 5.11 Å². The molecule has 0 atom stereocenters. The first-order valence-electron chi connectivity index (χ1n) is 6.95. The quantitative estimate of drug-likeness (QED) is 0.837. The van der Waals surface area contributed by atoms with Gasteiger partial charge in [-0.2, -0.15) is 0 Å². The molecule has 0 aliphatic carbocycles. The minimum atomic E-state index is -0.0543. The van der Waals surface area contributed by atoms with Crippen LogP contribution in [-0.4, -0.2) is 36.9 Å². The summed E-state index contributed by atoms with van der Waals surface area (Å²) in [4.78, 5) is 2.40. The molecule has 1 aliphatic rings. The zero-order valence-electron chi connectivity index (χ0n) is 11.2. The lowest BCUT2D eigenvalue weighted by molar-refractivity contribution is 0.134. The fraction of sp³-hybridized carbons (Fsp3) is 0.600. The maximum absolute atomic E-state index is 9.64. The second kappa shape index (κ2) is 6.21. The molecule has 1 aromatic carbocycles. The second-order valence-electron chi connectivity index (χ2n) is 5.19. The van der Waals surface area contributed by atoms with Crippen molar-refractivity contribution in [3.63, 3.8) is 0 Å². The van der Waals surface area contributed by atoms with Gasteiger partial charge in [0.15, 0.2) is 0 Å². The van der Waals surface area contributed by atoms with Crippen LogP contribution >= 0.6 is 0 Å². The van der Waals surface area contributed by atoms with Gasteiger partial charge >= 0.3 is 0 Å². The van der Waals surface area contributed by atoms with Crippen LogP contribution in [0.5, 0.6) is 0 Å². The van der Waals surface area contributed by atoms with Crippen LogP contribution in [0, 0.1) is 0 Å². The molecule has 0 saturated carbocycles. The van der Waals surface area contributed by atoms with Gasteiger partial charge in [0, 0.05) is 24.3 Å². The SMILES string of the molecule is CCCNC1(CO)CCN(c2ccccc2)CC1. The Hall–Kier alpha value is -1.06. The number of rotatable bonds is 5. The largest absolute Gasteiger partial charge is 0.394 e. The Morgan fingerprint density at radius 1 is 1.22 bits per heavy atom. The highest BCUT2D eigenvalue weighted by molar-refractivity contribution is 5.46. The van der Waals surface area contributed by atoms with Gasteiger partial charge in [-0.25, -0.2) is 0 Å². The maximum atomic E-state index is 9.64. The van der Waals surface area contributed by atoms with E-state index in [0.717, 1.165) is 38.9 Å². The third-order valence-corrected chi connectivity index (χ3v) is 3.89. The van der Waals surface area contributed by atoms with Gasteiger partial charge in [-0.3, -0.25) is 0 Å². The molecule has 18 heavy (non-hydrogen) atoms. The number of piperidine rings is 1. The van der Waals surface area contributed by atoms with Gasteiger partial charge in [-0.15, -0.1) is 0 Å². The highest BCUT2D eigenvalue weighted by atomic mass is 16.3. The minimum absolute atomic E-state index is 0.0543. The number of hydrogen-bond donors (Lipinski definition) is 2. The van der Waals surface area contributed by atoms with E-state index in [1.54, 1.807) is 0 Å². The number of para-hydroxylation sites is 1. The second-order valence-corrected chi connectivity index (χ2v) is 5.19. The van der Waals surface area contributed by atoms with Gasteiger partial charge in [-0.1, -0.05) is 25.1 Å². The fourth-order valence-electron chi connectivity index (χ4n) is 2.61. The van der Waals surface area contributed by atoms with Crippen molar-refractivity contribution in [1.29, 1.82) is 0 Å². The zero-order chi connectivity index (χ0) is 12.8. The molecule has 0 bridgehead atoms. The first kappa shape index (κ1) is 13.4. The minimum Gasteiger partial charge on any atom is -0.394 e. The van der Waals surface area contributed by atoms with Crippen LogP contribution in [0.1, 0.15) is 26.2 Å². The molecule has 1 aromatic rings. The van der Waals surface area contributed by atoms with Crippen LogP contribution in [0.2, 0.25) is 0 Å². The molecular weight excluding hydrogens is 224 g/mol. The lowest BCUT2D eigenvalue weighted by Crippen LogP contribution is -2.56. The van der Waals surface area contributed by atoms with Gasteiger partial charge in [0.25, 0.3) is 0 Å². The van der Waals surface area contributed by atoms with Gasteiger partial charge in [0.1, 0.15) is 0 Å². The van der Waals surface area contributed by atoms with Crippen molar-refractivity contribution in [3.8, 4) is 0 Å². The Bertz CT molecular complexity index is 345. The van der Waals surface area contributed by atoms with Gasteiger partial charge in [0.2, 0.25) is 0 Å². The van der Waals surface area contributed by atoms with E-state index in [-0.39, 0.29) is 12.1 Å². The zero-order valence-corrected chi connectivity index (χ0v) is 11.2. The molecule has 0 radical (unpaired) electrons. The molecular formula is C15H24N2O. The van der Waals surface area contributed by atoms with Crippen LogP contribution in [0.15, 0.2) is 30.3 Å². The topological polar surface area (TPSA) is 35.5 Å². The Balaban J connectivity index is 1.94. The van der Waals surface area contributed by atoms with Crippen LogP contribution in [-0.2, 0) is 0 Å². The number of nitrogens with zero attached hydrogens (tertiary/aromatic N) is 1. The monoisotopic (exact) mass is 248 g/mol. The lowest BCUT2D eigenvalue weighted by Gasteiger charge is -2.42. The summed E-state index contributed by atoms with van der Waals surface area (Å²) in [6.45, 7) is 5.43. The van der Waals surface area contributed by atoms with Crippen molar-refractivity contribution in [3.05, 3.63) is 30.3 Å². The summed E-state index contributed by atoms with van der Waals surface area (Å²) < 4.78 is 0. The highest BCUT2D eigenvalue weighted by Crippen LogP contribution is 2.25. The van der Waals surface area contributed by atoms with E-state index < -0.39 is 0 Å². The van der Waals surface area contributed by atoms with Crippen molar-refractivity contribution in [2.24, 2.45) is 0 Å². The Morgan fingerprint density at radius 3 is 2.44 bits per heavy atom. The average Bonchev–Trinajstić information content (AvgIpc) is 2.47. The van der Waals surface area contributed by atoms with Crippen LogP contribution < -0.4 is 10.2 Å². The average molecular weight is 248 g/mol. The van der Waals surface area contributed by atoms with Gasteiger partial charge in [0.05, 0.1) is 6.61 Å². The summed E-state index contributed by atoms with van der Waals surface area (Å²) >= 11 is 0. The number of aliphatic hydroxyl groups is 1. The molecule has 0 unspecified atom stereocenters. The van der Waals surface area contributed by atoms with Crippen molar-refractivity contribution in [2.45, 2.75) is 31.7 Å². The third kappa shape index (κ3) is 3.03. The molecule has 2 N–H and O–H groups in total. The van der Waals surface area contributed by atoms with E-state index in [2.05, 4.69) is 41.4 Å². The molecule has 3 nitrogen and oxygen atoms in total. The molecule has 0 spiro atoms. The van der Waals surface area contributed by atoms with Gasteiger partial charge < -0.3 is 15.3 Å². The Kier molecular flexibility index (Phi) is 4.61. The van der Waals surface area contributed by atoms with E-state index in [1.165, 1.54) is 5.69 Å². The van der Waals surface area contributed by atoms with Crippen LogP contribution in [0.3, 0.4) is 0 Å². The molecule has 1 aliphatic heterocycles. The standard InChI is InChI=1S/C15H24N2O/c1-2-10-16-15(13-18)8-11-17(12-9-15)14-6-4-3-5-7-14/h3-7,16,18H,2,8-13H2,1H3. The molecule has 1 fully saturated rings. The summed E-state index contributed by atoms with van der Waals surface area (Å²) in [5.41, 5.74) is 1.24. The molecule has 0 aromatic heterocycles. The van der Waals surface area contributed by atoms with Crippen molar-refractivity contribution >= 4 is 5.69 Å².